The van der Waals surface area contributed by atoms with Crippen LogP contribution < -0.4 is 0 Å². The maximum absolute atomic E-state index is 11.8. The number of Topliss-reactive ketones (excluding diaryl/α,β-unsaturated/α-hetero) is 1. The number of carbonyl (C=O) groups is 1. The van der Waals surface area contributed by atoms with Gasteiger partial charge in [0.1, 0.15) is 0 Å². The summed E-state index contributed by atoms with van der Waals surface area (Å²) in [5.74, 6) is 0.218. The summed E-state index contributed by atoms with van der Waals surface area (Å²) in [4.78, 5) is 11.8. The van der Waals surface area contributed by atoms with E-state index in [9.17, 15) is 4.79 Å². The van der Waals surface area contributed by atoms with Crippen LogP contribution in [-0.2, 0) is 4.79 Å². The van der Waals surface area contributed by atoms with E-state index in [0.29, 0.717) is 6.42 Å². The standard InChI is InChI=1S/C14H10O/c15-13-9-8-11-7-6-10-4-2-1-3-5-12(13)14(10)11/h1-8H,9H2. The van der Waals surface area contributed by atoms with E-state index in [-0.39, 0.29) is 5.78 Å². The largest absolute Gasteiger partial charge is 0.294 e. The fourth-order valence-electron chi connectivity index (χ4n) is 2.14. The average Bonchev–Trinajstić information content (AvgIpc) is 2.59. The summed E-state index contributed by atoms with van der Waals surface area (Å²) in [5, 5.41) is 0. The van der Waals surface area contributed by atoms with Crippen molar-refractivity contribution in [3.05, 3.63) is 70.9 Å². The molecule has 0 aromatic carbocycles. The molecule has 3 rings (SSSR count). The highest BCUT2D eigenvalue weighted by Gasteiger charge is 2.24. The molecule has 0 saturated carbocycles. The van der Waals surface area contributed by atoms with Gasteiger partial charge >= 0.3 is 0 Å². The summed E-state index contributed by atoms with van der Waals surface area (Å²) in [6.07, 6.45) is 16.5. The lowest BCUT2D eigenvalue weighted by Crippen LogP contribution is -2.08. The van der Waals surface area contributed by atoms with Crippen LogP contribution in [0.2, 0.25) is 0 Å². The van der Waals surface area contributed by atoms with E-state index >= 15 is 0 Å². The fraction of sp³-hybridized carbons (Fsp3) is 0.0714. The Kier molecular flexibility index (Phi) is 1.72. The smallest absolute Gasteiger partial charge is 0.167 e. The summed E-state index contributed by atoms with van der Waals surface area (Å²) in [7, 11) is 0. The summed E-state index contributed by atoms with van der Waals surface area (Å²) < 4.78 is 0. The van der Waals surface area contributed by atoms with E-state index in [1.54, 1.807) is 0 Å². The molecule has 3 aliphatic rings. The van der Waals surface area contributed by atoms with Gasteiger partial charge in [-0.15, -0.1) is 0 Å². The first-order valence-corrected chi connectivity index (χ1v) is 5.08. The Hall–Kier alpha value is -1.89. The van der Waals surface area contributed by atoms with E-state index in [4.69, 9.17) is 0 Å². The number of rotatable bonds is 0. The number of hydrogen-bond acceptors (Lipinski definition) is 1. The molecule has 72 valence electrons. The Morgan fingerprint density at radius 2 is 1.80 bits per heavy atom. The number of allylic oxidation sites excluding steroid dienone is 12. The third-order valence-corrected chi connectivity index (χ3v) is 2.86. The summed E-state index contributed by atoms with van der Waals surface area (Å²) in [6.45, 7) is 0. The Bertz CT molecular complexity index is 520. The SMILES string of the molecule is O=C1CC=C2C=CC3=CC=CC=CC1=C32. The van der Waals surface area contributed by atoms with E-state index in [0.717, 1.165) is 16.7 Å². The summed E-state index contributed by atoms with van der Waals surface area (Å²) >= 11 is 0. The minimum absolute atomic E-state index is 0.218. The molecule has 0 aromatic heterocycles. The molecule has 0 aromatic rings. The molecule has 0 fully saturated rings. The van der Waals surface area contributed by atoms with Crippen LogP contribution in [0.25, 0.3) is 0 Å². The monoisotopic (exact) mass is 194 g/mol. The second-order valence-electron chi connectivity index (χ2n) is 3.77. The fourth-order valence-corrected chi connectivity index (χ4v) is 2.14. The molecule has 0 atom stereocenters. The maximum Gasteiger partial charge on any atom is 0.167 e. The van der Waals surface area contributed by atoms with Gasteiger partial charge in [0.25, 0.3) is 0 Å². The van der Waals surface area contributed by atoms with Crippen LogP contribution in [0.4, 0.5) is 0 Å². The summed E-state index contributed by atoms with van der Waals surface area (Å²) in [6, 6.07) is 0. The Balaban J connectivity index is 2.28. The van der Waals surface area contributed by atoms with E-state index < -0.39 is 0 Å². The molecule has 0 amide bonds. The van der Waals surface area contributed by atoms with Crippen molar-refractivity contribution in [3.63, 3.8) is 0 Å². The highest BCUT2D eigenvalue weighted by atomic mass is 16.1. The van der Waals surface area contributed by atoms with Crippen molar-refractivity contribution < 1.29 is 4.79 Å². The first-order valence-electron chi connectivity index (χ1n) is 5.08. The topological polar surface area (TPSA) is 17.1 Å². The molecule has 3 aliphatic carbocycles. The van der Waals surface area contributed by atoms with Gasteiger partial charge in [-0.05, 0) is 16.7 Å². The minimum atomic E-state index is 0.218. The highest BCUT2D eigenvalue weighted by Crippen LogP contribution is 2.36. The van der Waals surface area contributed by atoms with Crippen LogP contribution in [0.3, 0.4) is 0 Å². The Morgan fingerprint density at radius 3 is 2.73 bits per heavy atom. The van der Waals surface area contributed by atoms with Crippen molar-refractivity contribution >= 4 is 5.78 Å². The number of ketones is 1. The number of hydrogen-bond donors (Lipinski definition) is 0. The maximum atomic E-state index is 11.8. The van der Waals surface area contributed by atoms with E-state index in [1.807, 2.05) is 30.4 Å². The molecular formula is C14H10O. The van der Waals surface area contributed by atoms with Crippen LogP contribution in [0, 0.1) is 0 Å². The molecule has 0 aliphatic heterocycles. The van der Waals surface area contributed by atoms with Crippen LogP contribution >= 0.6 is 0 Å². The molecule has 0 saturated heterocycles. The lowest BCUT2D eigenvalue weighted by molar-refractivity contribution is -0.114. The van der Waals surface area contributed by atoms with E-state index in [1.165, 1.54) is 5.57 Å². The van der Waals surface area contributed by atoms with Gasteiger partial charge in [0, 0.05) is 12.0 Å². The predicted octanol–water partition coefficient (Wildman–Crippen LogP) is 2.80. The zero-order valence-electron chi connectivity index (χ0n) is 8.23. The zero-order chi connectivity index (χ0) is 10.3. The van der Waals surface area contributed by atoms with Gasteiger partial charge in [-0.1, -0.05) is 48.6 Å². The Labute approximate surface area is 88.5 Å². The molecule has 15 heavy (non-hydrogen) atoms. The third-order valence-electron chi connectivity index (χ3n) is 2.86. The van der Waals surface area contributed by atoms with Gasteiger partial charge in [-0.3, -0.25) is 4.79 Å². The minimum Gasteiger partial charge on any atom is -0.294 e. The van der Waals surface area contributed by atoms with E-state index in [2.05, 4.69) is 18.2 Å². The van der Waals surface area contributed by atoms with Crippen molar-refractivity contribution in [3.8, 4) is 0 Å². The first kappa shape index (κ1) is 8.42. The van der Waals surface area contributed by atoms with Gasteiger partial charge in [-0.2, -0.15) is 0 Å². The van der Waals surface area contributed by atoms with Gasteiger partial charge in [0.05, 0.1) is 0 Å². The van der Waals surface area contributed by atoms with Gasteiger partial charge in [-0.25, -0.2) is 0 Å². The molecule has 1 nitrogen and oxygen atoms in total. The van der Waals surface area contributed by atoms with Crippen molar-refractivity contribution in [1.29, 1.82) is 0 Å². The normalized spacial score (nSPS) is 22.3. The van der Waals surface area contributed by atoms with Crippen molar-refractivity contribution in [2.24, 2.45) is 0 Å². The van der Waals surface area contributed by atoms with Crippen molar-refractivity contribution in [2.45, 2.75) is 6.42 Å². The lowest BCUT2D eigenvalue weighted by atomic mass is 9.88. The second-order valence-corrected chi connectivity index (χ2v) is 3.77. The number of carbonyl (C=O) groups excluding carboxylic acids is 1. The van der Waals surface area contributed by atoms with Crippen molar-refractivity contribution in [2.75, 3.05) is 0 Å². The molecule has 0 bridgehead atoms. The average molecular weight is 194 g/mol. The first-order chi connectivity index (χ1) is 7.36. The zero-order valence-corrected chi connectivity index (χ0v) is 8.23. The lowest BCUT2D eigenvalue weighted by Gasteiger charge is -2.14. The molecule has 0 heterocycles. The molecule has 0 spiro atoms. The van der Waals surface area contributed by atoms with Gasteiger partial charge in [0.15, 0.2) is 5.78 Å². The third kappa shape index (κ3) is 1.20. The molecule has 1 heteroatoms. The molecular weight excluding hydrogens is 184 g/mol. The predicted molar refractivity (Wildman–Crippen MR) is 60.2 cm³/mol. The van der Waals surface area contributed by atoms with Gasteiger partial charge in [0.2, 0.25) is 0 Å². The van der Waals surface area contributed by atoms with Crippen molar-refractivity contribution in [1.82, 2.24) is 0 Å². The van der Waals surface area contributed by atoms with Crippen LogP contribution in [-0.4, -0.2) is 5.78 Å². The molecule has 0 N–H and O–H groups in total. The highest BCUT2D eigenvalue weighted by molar-refractivity contribution is 6.04. The quantitative estimate of drug-likeness (QED) is 0.579. The second kappa shape index (κ2) is 3.06. The van der Waals surface area contributed by atoms with Crippen LogP contribution in [0.15, 0.2) is 70.9 Å². The molecule has 0 radical (unpaired) electrons. The Morgan fingerprint density at radius 1 is 0.933 bits per heavy atom. The summed E-state index contributed by atoms with van der Waals surface area (Å²) in [5.41, 5.74) is 4.29. The van der Waals surface area contributed by atoms with Crippen LogP contribution in [0.5, 0.6) is 0 Å². The molecule has 0 unspecified atom stereocenters. The van der Waals surface area contributed by atoms with Gasteiger partial charge < -0.3 is 0 Å². The van der Waals surface area contributed by atoms with Crippen LogP contribution in [0.1, 0.15) is 6.42 Å².